The smallest absolute Gasteiger partial charge is 0.230 e. The first-order valence-electron chi connectivity index (χ1n) is 7.04. The zero-order valence-electron chi connectivity index (χ0n) is 12.2. The number of amides is 1. The van der Waals surface area contributed by atoms with Crippen molar-refractivity contribution in [3.05, 3.63) is 35.9 Å². The Bertz CT molecular complexity index is 640. The van der Waals surface area contributed by atoms with Crippen molar-refractivity contribution in [2.45, 2.75) is 26.9 Å². The van der Waals surface area contributed by atoms with Crippen LogP contribution in [0.2, 0.25) is 0 Å². The van der Waals surface area contributed by atoms with Gasteiger partial charge in [-0.25, -0.2) is 0 Å². The number of nitrogens with zero attached hydrogens (tertiary/aromatic N) is 2. The Kier molecular flexibility index (Phi) is 5.05. The molecule has 1 N–H and O–H groups in total. The van der Waals surface area contributed by atoms with E-state index in [-0.39, 0.29) is 11.3 Å². The van der Waals surface area contributed by atoms with Crippen LogP contribution in [0.3, 0.4) is 0 Å². The summed E-state index contributed by atoms with van der Waals surface area (Å²) in [6.07, 6.45) is 4.27. The van der Waals surface area contributed by atoms with Gasteiger partial charge in [-0.3, -0.25) is 4.79 Å². The second kappa shape index (κ2) is 7.02. The lowest BCUT2D eigenvalue weighted by Crippen LogP contribution is -2.33. The van der Waals surface area contributed by atoms with Crippen molar-refractivity contribution in [3.8, 4) is 0 Å². The third-order valence-electron chi connectivity index (χ3n) is 3.75. The fourth-order valence-electron chi connectivity index (χ4n) is 2.29. The molecule has 1 aliphatic carbocycles. The maximum absolute atomic E-state index is 12.0. The van der Waals surface area contributed by atoms with Crippen LogP contribution in [0.4, 0.5) is 0 Å². The van der Waals surface area contributed by atoms with Crippen molar-refractivity contribution in [2.75, 3.05) is 18.6 Å². The van der Waals surface area contributed by atoms with Gasteiger partial charge in [0, 0.05) is 12.0 Å². The predicted octanol–water partition coefficient (Wildman–Crippen LogP) is 3.20. The van der Waals surface area contributed by atoms with Gasteiger partial charge in [0.2, 0.25) is 5.91 Å². The third-order valence-corrected chi connectivity index (χ3v) is 6.79. The molecule has 1 aromatic heterocycles. The van der Waals surface area contributed by atoms with Gasteiger partial charge in [0.25, 0.3) is 0 Å². The first-order valence-corrected chi connectivity index (χ1v) is 10.1. The average Bonchev–Trinajstić information content (AvgIpc) is 3.22. The van der Waals surface area contributed by atoms with E-state index in [1.807, 2.05) is 12.3 Å². The Hall–Kier alpha value is -1.05. The molecule has 0 bridgehead atoms. The summed E-state index contributed by atoms with van der Waals surface area (Å²) >= 11 is 4.56. The predicted molar refractivity (Wildman–Crippen MR) is 92.8 cm³/mol. The number of benzene rings is 1. The average molecular weight is 352 g/mol. The van der Waals surface area contributed by atoms with Crippen LogP contribution < -0.4 is 5.32 Å². The molecule has 1 aliphatic rings. The highest BCUT2D eigenvalue weighted by Crippen LogP contribution is 2.47. The maximum Gasteiger partial charge on any atom is 0.230 e. The molecule has 116 valence electrons. The molecule has 22 heavy (non-hydrogen) atoms. The second-order valence-electron chi connectivity index (χ2n) is 5.25. The molecule has 1 heterocycles. The van der Waals surface area contributed by atoms with Crippen molar-refractivity contribution in [1.29, 1.82) is 0 Å². The Balaban J connectivity index is 1.46. The van der Waals surface area contributed by atoms with E-state index in [1.54, 1.807) is 11.8 Å². The van der Waals surface area contributed by atoms with Gasteiger partial charge in [0.15, 0.2) is 8.68 Å². The first-order chi connectivity index (χ1) is 10.7. The standard InChI is InChI=1S/C15H17N3OS3/c1-20-13-17-18-14(22-13)21-9-12(19)16-10-15(7-8-15)11-5-3-2-4-6-11/h2-6H,7-10H2,1H3,(H,16,19). The van der Waals surface area contributed by atoms with E-state index < -0.39 is 0 Å². The molecular formula is C15H17N3OS3. The number of hydrogen-bond acceptors (Lipinski definition) is 6. The molecule has 0 aliphatic heterocycles. The SMILES string of the molecule is CSc1nnc(SCC(=O)NCC2(c3ccccc3)CC2)s1. The largest absolute Gasteiger partial charge is 0.354 e. The normalized spacial score (nSPS) is 15.5. The van der Waals surface area contributed by atoms with Crippen molar-refractivity contribution in [3.63, 3.8) is 0 Å². The maximum atomic E-state index is 12.0. The van der Waals surface area contributed by atoms with Crippen LogP contribution >= 0.6 is 34.9 Å². The summed E-state index contributed by atoms with van der Waals surface area (Å²) in [4.78, 5) is 12.0. The molecule has 0 radical (unpaired) electrons. The molecule has 3 rings (SSSR count). The summed E-state index contributed by atoms with van der Waals surface area (Å²) < 4.78 is 1.78. The Morgan fingerprint density at radius 2 is 2.00 bits per heavy atom. The van der Waals surface area contributed by atoms with E-state index in [0.29, 0.717) is 5.75 Å². The highest BCUT2D eigenvalue weighted by atomic mass is 32.2. The van der Waals surface area contributed by atoms with Crippen LogP contribution in [0.15, 0.2) is 39.0 Å². The summed E-state index contributed by atoms with van der Waals surface area (Å²) in [5.41, 5.74) is 1.49. The Labute approximate surface area is 142 Å². The van der Waals surface area contributed by atoms with Crippen LogP contribution in [0.25, 0.3) is 0 Å². The molecule has 0 saturated heterocycles. The monoisotopic (exact) mass is 351 g/mol. The van der Waals surface area contributed by atoms with Crippen molar-refractivity contribution >= 4 is 40.8 Å². The lowest BCUT2D eigenvalue weighted by Gasteiger charge is -2.16. The Morgan fingerprint density at radius 1 is 1.27 bits per heavy atom. The summed E-state index contributed by atoms with van der Waals surface area (Å²) in [5, 5.41) is 11.2. The summed E-state index contributed by atoms with van der Waals surface area (Å²) in [5.74, 6) is 0.460. The molecule has 7 heteroatoms. The summed E-state index contributed by atoms with van der Waals surface area (Å²) in [6.45, 7) is 0.725. The van der Waals surface area contributed by atoms with Gasteiger partial charge in [-0.1, -0.05) is 65.2 Å². The van der Waals surface area contributed by atoms with Crippen LogP contribution in [0.5, 0.6) is 0 Å². The van der Waals surface area contributed by atoms with Gasteiger partial charge >= 0.3 is 0 Å². The zero-order chi connectivity index (χ0) is 15.4. The molecule has 0 atom stereocenters. The molecule has 1 aromatic carbocycles. The van der Waals surface area contributed by atoms with E-state index in [2.05, 4.69) is 39.8 Å². The number of carbonyl (C=O) groups excluding carboxylic acids is 1. The molecular weight excluding hydrogens is 334 g/mol. The fraction of sp³-hybridized carbons (Fsp3) is 0.400. The molecule has 1 fully saturated rings. The number of hydrogen-bond donors (Lipinski definition) is 1. The minimum atomic E-state index is 0.0631. The lowest BCUT2D eigenvalue weighted by molar-refractivity contribution is -0.118. The minimum absolute atomic E-state index is 0.0631. The molecule has 1 amide bonds. The van der Waals surface area contributed by atoms with Crippen LogP contribution in [0.1, 0.15) is 18.4 Å². The van der Waals surface area contributed by atoms with Gasteiger partial charge in [-0.15, -0.1) is 10.2 Å². The quantitative estimate of drug-likeness (QED) is 0.776. The van der Waals surface area contributed by atoms with Gasteiger partial charge in [-0.05, 0) is 24.7 Å². The van der Waals surface area contributed by atoms with Gasteiger partial charge < -0.3 is 5.32 Å². The molecule has 4 nitrogen and oxygen atoms in total. The van der Waals surface area contributed by atoms with Crippen LogP contribution in [-0.2, 0) is 10.2 Å². The summed E-state index contributed by atoms with van der Waals surface area (Å²) in [6, 6.07) is 10.5. The topological polar surface area (TPSA) is 54.9 Å². The van der Waals surface area contributed by atoms with Crippen molar-refractivity contribution < 1.29 is 4.79 Å². The number of rotatable bonds is 7. The molecule has 2 aromatic rings. The van der Waals surface area contributed by atoms with E-state index in [1.165, 1.54) is 28.7 Å². The molecule has 0 spiro atoms. The third kappa shape index (κ3) is 3.83. The van der Waals surface area contributed by atoms with Crippen molar-refractivity contribution in [1.82, 2.24) is 15.5 Å². The van der Waals surface area contributed by atoms with Crippen LogP contribution in [0, 0.1) is 0 Å². The highest BCUT2D eigenvalue weighted by molar-refractivity contribution is 8.03. The lowest BCUT2D eigenvalue weighted by atomic mass is 9.96. The highest BCUT2D eigenvalue weighted by Gasteiger charge is 2.44. The van der Waals surface area contributed by atoms with Gasteiger partial charge in [0.1, 0.15) is 0 Å². The summed E-state index contributed by atoms with van der Waals surface area (Å²) in [7, 11) is 0. The van der Waals surface area contributed by atoms with E-state index in [4.69, 9.17) is 0 Å². The van der Waals surface area contributed by atoms with E-state index in [0.717, 1.165) is 28.1 Å². The van der Waals surface area contributed by atoms with Gasteiger partial charge in [0.05, 0.1) is 5.75 Å². The molecule has 1 saturated carbocycles. The van der Waals surface area contributed by atoms with Crippen LogP contribution in [-0.4, -0.2) is 34.7 Å². The zero-order valence-corrected chi connectivity index (χ0v) is 14.7. The second-order valence-corrected chi connectivity index (χ2v) is 8.50. The number of nitrogens with one attached hydrogen (secondary N) is 1. The van der Waals surface area contributed by atoms with Crippen molar-refractivity contribution in [2.24, 2.45) is 0 Å². The Morgan fingerprint density at radius 3 is 2.64 bits per heavy atom. The van der Waals surface area contributed by atoms with E-state index in [9.17, 15) is 4.79 Å². The fourth-order valence-corrected chi connectivity index (χ4v) is 4.56. The first kappa shape index (κ1) is 15.8. The number of aromatic nitrogens is 2. The van der Waals surface area contributed by atoms with Gasteiger partial charge in [-0.2, -0.15) is 0 Å². The number of thioether (sulfide) groups is 2. The molecule has 0 unspecified atom stereocenters. The number of carbonyl (C=O) groups is 1. The van der Waals surface area contributed by atoms with E-state index >= 15 is 0 Å². The minimum Gasteiger partial charge on any atom is -0.354 e.